The number of rotatable bonds is 4. The summed E-state index contributed by atoms with van der Waals surface area (Å²) >= 11 is 1.14. The van der Waals surface area contributed by atoms with E-state index >= 15 is 0 Å². The smallest absolute Gasteiger partial charge is 0.278 e. The Balaban J connectivity index is 1.55. The molecule has 0 radical (unpaired) electrons. The second-order valence-electron chi connectivity index (χ2n) is 8.26. The van der Waals surface area contributed by atoms with Crippen molar-refractivity contribution in [2.45, 2.75) is 45.7 Å². The van der Waals surface area contributed by atoms with Crippen LogP contribution in [0.3, 0.4) is 0 Å². The molecule has 5 rings (SSSR count). The van der Waals surface area contributed by atoms with E-state index in [1.165, 1.54) is 6.07 Å². The third-order valence-electron chi connectivity index (χ3n) is 6.12. The van der Waals surface area contributed by atoms with Gasteiger partial charge in [-0.3, -0.25) is 24.3 Å². The van der Waals surface area contributed by atoms with Crippen molar-refractivity contribution in [3.8, 4) is 16.3 Å². The van der Waals surface area contributed by atoms with Crippen LogP contribution < -0.4 is 10.4 Å². The summed E-state index contributed by atoms with van der Waals surface area (Å²) < 4.78 is 15.8. The summed E-state index contributed by atoms with van der Waals surface area (Å²) in [6, 6.07) is 1.41. The molecule has 1 saturated heterocycles. The first-order chi connectivity index (χ1) is 15.9. The van der Waals surface area contributed by atoms with E-state index in [-0.39, 0.29) is 35.4 Å². The number of aromatic hydroxyl groups is 1. The number of hydrogen-bond acceptors (Lipinski definition) is 8. The molecular formula is C22H23FN6O3S. The highest BCUT2D eigenvalue weighted by Crippen LogP contribution is 2.32. The lowest BCUT2D eigenvalue weighted by Crippen LogP contribution is -2.62. The summed E-state index contributed by atoms with van der Waals surface area (Å²) in [6.07, 6.45) is 5.93. The number of amides is 1. The molecule has 5 heterocycles. The molecule has 0 unspecified atom stereocenters. The van der Waals surface area contributed by atoms with E-state index in [0.29, 0.717) is 23.1 Å². The van der Waals surface area contributed by atoms with Gasteiger partial charge in [0.05, 0.1) is 11.3 Å². The van der Waals surface area contributed by atoms with Gasteiger partial charge < -0.3 is 10.0 Å². The van der Waals surface area contributed by atoms with Crippen LogP contribution in [0, 0.1) is 12.7 Å². The topological polar surface area (TPSA) is 104 Å². The number of halogens is 1. The number of piperidine rings is 1. The van der Waals surface area contributed by atoms with Crippen molar-refractivity contribution in [2.24, 2.45) is 0 Å². The van der Waals surface area contributed by atoms with Gasteiger partial charge in [-0.2, -0.15) is 0 Å². The van der Waals surface area contributed by atoms with Crippen LogP contribution in [0.15, 0.2) is 23.3 Å². The lowest BCUT2D eigenvalue weighted by molar-refractivity contribution is 0.0536. The van der Waals surface area contributed by atoms with E-state index in [0.717, 1.165) is 36.2 Å². The molecule has 0 bridgehead atoms. The molecule has 1 atom stereocenters. The minimum Gasteiger partial charge on any atom is -0.502 e. The van der Waals surface area contributed by atoms with Crippen LogP contribution >= 0.6 is 11.3 Å². The molecule has 11 heteroatoms. The number of aromatic nitrogens is 4. The number of aryl methyl sites for hydroxylation is 1. The summed E-state index contributed by atoms with van der Waals surface area (Å²) in [5.74, 6) is -1.38. The quantitative estimate of drug-likeness (QED) is 0.624. The molecule has 0 spiro atoms. The predicted octanol–water partition coefficient (Wildman–Crippen LogP) is 2.43. The van der Waals surface area contributed by atoms with Crippen LogP contribution in [0.1, 0.15) is 52.9 Å². The molecule has 2 aliphatic heterocycles. The second-order valence-corrected chi connectivity index (χ2v) is 9.33. The molecule has 0 aliphatic carbocycles. The predicted molar refractivity (Wildman–Crippen MR) is 120 cm³/mol. The van der Waals surface area contributed by atoms with Gasteiger partial charge in [0, 0.05) is 31.9 Å². The minimum absolute atomic E-state index is 0.0283. The van der Waals surface area contributed by atoms with Crippen LogP contribution in [-0.4, -0.2) is 55.0 Å². The van der Waals surface area contributed by atoms with Crippen molar-refractivity contribution in [3.63, 3.8) is 0 Å². The molecule has 0 saturated carbocycles. The maximum absolute atomic E-state index is 14.2. The Morgan fingerprint density at radius 1 is 1.27 bits per heavy atom. The molecular weight excluding hydrogens is 447 g/mol. The van der Waals surface area contributed by atoms with Crippen molar-refractivity contribution in [1.29, 1.82) is 0 Å². The van der Waals surface area contributed by atoms with Crippen molar-refractivity contribution >= 4 is 17.2 Å². The third-order valence-corrected chi connectivity index (χ3v) is 7.08. The molecule has 9 nitrogen and oxygen atoms in total. The molecule has 3 aromatic rings. The van der Waals surface area contributed by atoms with Crippen LogP contribution in [-0.2, 0) is 6.42 Å². The van der Waals surface area contributed by atoms with E-state index in [2.05, 4.69) is 15.2 Å². The monoisotopic (exact) mass is 470 g/mol. The maximum Gasteiger partial charge on any atom is 0.278 e. The molecule has 1 amide bonds. The summed E-state index contributed by atoms with van der Waals surface area (Å²) in [7, 11) is 0. The fraction of sp³-hybridized carbons (Fsp3) is 0.409. The van der Waals surface area contributed by atoms with E-state index in [1.54, 1.807) is 28.9 Å². The zero-order valence-corrected chi connectivity index (χ0v) is 19.1. The number of fused-ring (bicyclic) bond motifs is 3. The van der Waals surface area contributed by atoms with Gasteiger partial charge in [0.1, 0.15) is 17.0 Å². The SMILES string of the molecule is CCN1C(=O)c2c(O)c(=O)c(-c3nnc(Cc4ncc(C)cc4F)s3)cn2N2CCCC[C@@H]12. The normalized spacial score (nSPS) is 17.8. The zero-order chi connectivity index (χ0) is 23.3. The van der Waals surface area contributed by atoms with E-state index in [4.69, 9.17) is 0 Å². The van der Waals surface area contributed by atoms with Crippen LogP contribution in [0.25, 0.3) is 10.6 Å². The highest BCUT2D eigenvalue weighted by atomic mass is 32.1. The Morgan fingerprint density at radius 3 is 2.85 bits per heavy atom. The van der Waals surface area contributed by atoms with Gasteiger partial charge in [-0.15, -0.1) is 10.2 Å². The highest BCUT2D eigenvalue weighted by Gasteiger charge is 2.40. The average molecular weight is 471 g/mol. The van der Waals surface area contributed by atoms with E-state index in [9.17, 15) is 19.1 Å². The highest BCUT2D eigenvalue weighted by molar-refractivity contribution is 7.14. The Kier molecular flexibility index (Phi) is 5.35. The number of carbonyl (C=O) groups is 1. The van der Waals surface area contributed by atoms with E-state index in [1.807, 2.05) is 11.9 Å². The summed E-state index contributed by atoms with van der Waals surface area (Å²) in [6.45, 7) is 4.83. The number of nitrogens with zero attached hydrogens (tertiary/aromatic N) is 6. The lowest BCUT2D eigenvalue weighted by atomic mass is 10.1. The van der Waals surface area contributed by atoms with Crippen LogP contribution in [0.2, 0.25) is 0 Å². The van der Waals surface area contributed by atoms with Gasteiger partial charge >= 0.3 is 0 Å². The summed E-state index contributed by atoms with van der Waals surface area (Å²) in [5, 5.41) is 21.8. The summed E-state index contributed by atoms with van der Waals surface area (Å²) in [5.41, 5.74) is 0.413. The first-order valence-corrected chi connectivity index (χ1v) is 11.7. The van der Waals surface area contributed by atoms with Gasteiger partial charge in [0.15, 0.2) is 16.5 Å². The molecule has 3 aromatic heterocycles. The largest absolute Gasteiger partial charge is 0.502 e. The summed E-state index contributed by atoms with van der Waals surface area (Å²) in [4.78, 5) is 31.9. The Bertz CT molecular complexity index is 1310. The molecule has 0 aromatic carbocycles. The van der Waals surface area contributed by atoms with Crippen molar-refractivity contribution < 1.29 is 14.3 Å². The van der Waals surface area contributed by atoms with E-state index < -0.39 is 17.0 Å². The molecule has 1 N–H and O–H groups in total. The molecule has 33 heavy (non-hydrogen) atoms. The van der Waals surface area contributed by atoms with Crippen LogP contribution in [0.5, 0.6) is 5.75 Å². The first-order valence-electron chi connectivity index (χ1n) is 10.9. The van der Waals surface area contributed by atoms with Gasteiger partial charge in [-0.05, 0) is 44.7 Å². The van der Waals surface area contributed by atoms with Gasteiger partial charge in [-0.25, -0.2) is 4.39 Å². The van der Waals surface area contributed by atoms with Gasteiger partial charge in [0.2, 0.25) is 5.43 Å². The average Bonchev–Trinajstić information content (AvgIpc) is 3.26. The van der Waals surface area contributed by atoms with Gasteiger partial charge in [0.25, 0.3) is 5.91 Å². The lowest BCUT2D eigenvalue weighted by Gasteiger charge is -2.48. The Morgan fingerprint density at radius 2 is 2.09 bits per heavy atom. The Labute approximate surface area is 193 Å². The first kappa shape index (κ1) is 21.5. The zero-order valence-electron chi connectivity index (χ0n) is 18.3. The minimum atomic E-state index is -0.677. The maximum atomic E-state index is 14.2. The number of pyridine rings is 2. The van der Waals surface area contributed by atoms with Crippen molar-refractivity contribution in [1.82, 2.24) is 24.8 Å². The fourth-order valence-corrected chi connectivity index (χ4v) is 5.36. The fourth-order valence-electron chi connectivity index (χ4n) is 4.50. The molecule has 2 aliphatic rings. The molecule has 172 valence electrons. The third kappa shape index (κ3) is 3.56. The second kappa shape index (κ2) is 8.22. The van der Waals surface area contributed by atoms with Crippen molar-refractivity contribution in [3.05, 3.63) is 56.5 Å². The number of carbonyl (C=O) groups excluding carboxylic acids is 1. The van der Waals surface area contributed by atoms with Gasteiger partial charge in [-0.1, -0.05) is 11.3 Å². The number of hydrogen-bond donors (Lipinski definition) is 1. The molecule has 1 fully saturated rings. The standard InChI is InChI=1S/C22H23FN6O3S/c1-3-27-17-6-4-5-7-28(17)29-11-13(19(30)20(31)18(29)22(27)32)21-26-25-16(33-21)9-15-14(23)8-12(2)10-24-15/h8,10-11,17,31H,3-7,9H2,1-2H3/t17-/m0/s1. The Hall–Kier alpha value is -3.34. The van der Waals surface area contributed by atoms with Crippen molar-refractivity contribution in [2.75, 3.05) is 18.1 Å². The van der Waals surface area contributed by atoms with Crippen LogP contribution in [0.4, 0.5) is 4.39 Å².